The van der Waals surface area contributed by atoms with Crippen LogP contribution in [0.1, 0.15) is 18.6 Å². The standard InChI is InChI=1S/C11H11NO5/c1-6(7(2)13)11(15)9-5-8(14)3-4-10(9)12(16)17/h3-5,11,14-15H,1H2,2H3. The highest BCUT2D eigenvalue weighted by Crippen LogP contribution is 2.32. The number of phenolic OH excluding ortho intramolecular Hbond substituents is 1. The Hall–Kier alpha value is -2.21. The average Bonchev–Trinajstić information content (AvgIpc) is 2.26. The first-order chi connectivity index (χ1) is 7.84. The van der Waals surface area contributed by atoms with E-state index in [2.05, 4.69) is 6.58 Å². The van der Waals surface area contributed by atoms with Gasteiger partial charge in [0.25, 0.3) is 5.69 Å². The minimum Gasteiger partial charge on any atom is -0.508 e. The summed E-state index contributed by atoms with van der Waals surface area (Å²) in [7, 11) is 0. The van der Waals surface area contributed by atoms with E-state index in [1.165, 1.54) is 6.92 Å². The summed E-state index contributed by atoms with van der Waals surface area (Å²) in [5.74, 6) is -0.712. The Balaban J connectivity index is 3.28. The van der Waals surface area contributed by atoms with Gasteiger partial charge in [0.2, 0.25) is 0 Å². The smallest absolute Gasteiger partial charge is 0.275 e. The van der Waals surface area contributed by atoms with Crippen LogP contribution in [0.15, 0.2) is 30.4 Å². The molecule has 6 nitrogen and oxygen atoms in total. The van der Waals surface area contributed by atoms with Crippen LogP contribution in [0, 0.1) is 10.1 Å². The number of carbonyl (C=O) groups excluding carboxylic acids is 1. The predicted molar refractivity (Wildman–Crippen MR) is 59.5 cm³/mol. The number of nitro benzene ring substituents is 1. The van der Waals surface area contributed by atoms with E-state index in [0.717, 1.165) is 18.2 Å². The maximum absolute atomic E-state index is 11.0. The molecule has 0 saturated carbocycles. The molecule has 1 aromatic carbocycles. The van der Waals surface area contributed by atoms with Crippen molar-refractivity contribution in [1.29, 1.82) is 0 Å². The predicted octanol–water partition coefficient (Wildman–Crippen LogP) is 1.48. The lowest BCUT2D eigenvalue weighted by Gasteiger charge is -2.12. The van der Waals surface area contributed by atoms with Crippen LogP contribution in [0.3, 0.4) is 0 Å². The van der Waals surface area contributed by atoms with Crippen molar-refractivity contribution in [2.75, 3.05) is 0 Å². The number of benzene rings is 1. The van der Waals surface area contributed by atoms with Crippen molar-refractivity contribution < 1.29 is 19.9 Å². The third kappa shape index (κ3) is 2.67. The van der Waals surface area contributed by atoms with Crippen molar-refractivity contribution >= 4 is 11.5 Å². The maximum atomic E-state index is 11.0. The van der Waals surface area contributed by atoms with Gasteiger partial charge in [-0.2, -0.15) is 0 Å². The number of ketones is 1. The van der Waals surface area contributed by atoms with Crippen molar-refractivity contribution in [3.05, 3.63) is 46.0 Å². The van der Waals surface area contributed by atoms with Crippen LogP contribution in [-0.2, 0) is 4.79 Å². The van der Waals surface area contributed by atoms with Crippen LogP contribution in [0.25, 0.3) is 0 Å². The Morgan fingerprint density at radius 1 is 1.53 bits per heavy atom. The Morgan fingerprint density at radius 2 is 2.12 bits per heavy atom. The minimum atomic E-state index is -1.50. The van der Waals surface area contributed by atoms with E-state index in [1.54, 1.807) is 0 Å². The van der Waals surface area contributed by atoms with Crippen LogP contribution in [0.5, 0.6) is 5.75 Å². The molecule has 0 aromatic heterocycles. The van der Waals surface area contributed by atoms with E-state index in [4.69, 9.17) is 0 Å². The topological polar surface area (TPSA) is 101 Å². The van der Waals surface area contributed by atoms with Gasteiger partial charge in [0.15, 0.2) is 5.78 Å². The second-order valence-corrected chi connectivity index (χ2v) is 3.48. The summed E-state index contributed by atoms with van der Waals surface area (Å²) in [5, 5.41) is 29.7. The van der Waals surface area contributed by atoms with Crippen molar-refractivity contribution in [3.8, 4) is 5.75 Å². The molecule has 1 unspecified atom stereocenters. The van der Waals surface area contributed by atoms with Gasteiger partial charge in [-0.3, -0.25) is 14.9 Å². The number of hydrogen-bond acceptors (Lipinski definition) is 5. The molecule has 0 bridgehead atoms. The molecule has 0 aliphatic rings. The number of phenols is 1. The van der Waals surface area contributed by atoms with E-state index < -0.39 is 16.8 Å². The summed E-state index contributed by atoms with van der Waals surface area (Å²) in [6.45, 7) is 4.55. The van der Waals surface area contributed by atoms with Gasteiger partial charge < -0.3 is 10.2 Å². The van der Waals surface area contributed by atoms with E-state index in [-0.39, 0.29) is 22.6 Å². The van der Waals surface area contributed by atoms with Crippen molar-refractivity contribution in [1.82, 2.24) is 0 Å². The number of nitrogens with zero attached hydrogens (tertiary/aromatic N) is 1. The van der Waals surface area contributed by atoms with E-state index in [0.29, 0.717) is 0 Å². The number of rotatable bonds is 4. The highest BCUT2D eigenvalue weighted by molar-refractivity contribution is 5.94. The van der Waals surface area contributed by atoms with Gasteiger partial charge >= 0.3 is 0 Å². The van der Waals surface area contributed by atoms with Crippen LogP contribution >= 0.6 is 0 Å². The molecule has 17 heavy (non-hydrogen) atoms. The Bertz CT molecular complexity index is 495. The summed E-state index contributed by atoms with van der Waals surface area (Å²) in [5.41, 5.74) is -0.702. The molecule has 90 valence electrons. The molecule has 0 fully saturated rings. The number of nitro groups is 1. The van der Waals surface area contributed by atoms with Crippen LogP contribution in [0.2, 0.25) is 0 Å². The molecule has 0 spiro atoms. The summed E-state index contributed by atoms with van der Waals surface area (Å²) in [6.07, 6.45) is -1.50. The van der Waals surface area contributed by atoms with Gasteiger partial charge in [-0.15, -0.1) is 0 Å². The first-order valence-corrected chi connectivity index (χ1v) is 4.69. The molecule has 1 aromatic rings. The molecule has 1 atom stereocenters. The SMILES string of the molecule is C=C(C(C)=O)C(O)c1cc(O)ccc1[N+](=O)[O-]. The summed E-state index contributed by atoms with van der Waals surface area (Å²) < 4.78 is 0. The summed E-state index contributed by atoms with van der Waals surface area (Å²) >= 11 is 0. The Labute approximate surface area is 97.0 Å². The quantitative estimate of drug-likeness (QED) is 0.469. The van der Waals surface area contributed by atoms with Crippen LogP contribution in [-0.4, -0.2) is 20.9 Å². The molecule has 6 heteroatoms. The molecule has 2 N–H and O–H groups in total. The largest absolute Gasteiger partial charge is 0.508 e. The van der Waals surface area contributed by atoms with Crippen molar-refractivity contribution in [3.63, 3.8) is 0 Å². The van der Waals surface area contributed by atoms with E-state index in [1.807, 2.05) is 0 Å². The number of aromatic hydroxyl groups is 1. The molecule has 0 aliphatic heterocycles. The van der Waals surface area contributed by atoms with E-state index in [9.17, 15) is 25.1 Å². The third-order valence-corrected chi connectivity index (χ3v) is 2.28. The fourth-order valence-corrected chi connectivity index (χ4v) is 1.31. The lowest BCUT2D eigenvalue weighted by atomic mass is 9.98. The van der Waals surface area contributed by atoms with Gasteiger partial charge in [-0.05, 0) is 19.1 Å². The fraction of sp³-hybridized carbons (Fsp3) is 0.182. The molecule has 0 heterocycles. The maximum Gasteiger partial charge on any atom is 0.275 e. The zero-order chi connectivity index (χ0) is 13.2. The fourth-order valence-electron chi connectivity index (χ4n) is 1.31. The number of carbonyl (C=O) groups is 1. The van der Waals surface area contributed by atoms with Crippen LogP contribution < -0.4 is 0 Å². The summed E-state index contributed by atoms with van der Waals surface area (Å²) in [6, 6.07) is 3.23. The van der Waals surface area contributed by atoms with Crippen molar-refractivity contribution in [2.45, 2.75) is 13.0 Å². The summed E-state index contributed by atoms with van der Waals surface area (Å²) in [4.78, 5) is 21.1. The number of hydrogen-bond donors (Lipinski definition) is 2. The van der Waals surface area contributed by atoms with E-state index >= 15 is 0 Å². The van der Waals surface area contributed by atoms with Crippen molar-refractivity contribution in [2.24, 2.45) is 0 Å². The number of aliphatic hydroxyl groups is 1. The Morgan fingerprint density at radius 3 is 2.59 bits per heavy atom. The third-order valence-electron chi connectivity index (χ3n) is 2.28. The second-order valence-electron chi connectivity index (χ2n) is 3.48. The van der Waals surface area contributed by atoms with Gasteiger partial charge in [0.05, 0.1) is 10.5 Å². The lowest BCUT2D eigenvalue weighted by Crippen LogP contribution is -2.09. The second kappa shape index (κ2) is 4.75. The first kappa shape index (κ1) is 12.9. The van der Waals surface area contributed by atoms with Gasteiger partial charge in [-0.25, -0.2) is 0 Å². The highest BCUT2D eigenvalue weighted by Gasteiger charge is 2.24. The lowest BCUT2D eigenvalue weighted by molar-refractivity contribution is -0.386. The number of Topliss-reactive ketones (excluding diaryl/α,β-unsaturated/α-hetero) is 1. The molecule has 0 radical (unpaired) electrons. The monoisotopic (exact) mass is 237 g/mol. The van der Waals surface area contributed by atoms with Gasteiger partial charge in [0.1, 0.15) is 11.9 Å². The molecular formula is C11H11NO5. The highest BCUT2D eigenvalue weighted by atomic mass is 16.6. The normalized spacial score (nSPS) is 11.9. The van der Waals surface area contributed by atoms with Gasteiger partial charge in [-0.1, -0.05) is 6.58 Å². The Kier molecular flexibility index (Phi) is 3.59. The van der Waals surface area contributed by atoms with Gasteiger partial charge in [0, 0.05) is 11.6 Å². The molecule has 0 amide bonds. The first-order valence-electron chi connectivity index (χ1n) is 4.69. The zero-order valence-corrected chi connectivity index (χ0v) is 9.08. The average molecular weight is 237 g/mol. The minimum absolute atomic E-state index is 0.157. The zero-order valence-electron chi connectivity index (χ0n) is 9.08. The molecular weight excluding hydrogens is 226 g/mol. The number of aliphatic hydroxyl groups excluding tert-OH is 1. The molecule has 1 rings (SSSR count). The molecule has 0 aliphatic carbocycles. The molecule has 0 saturated heterocycles. The van der Waals surface area contributed by atoms with Crippen LogP contribution in [0.4, 0.5) is 5.69 Å².